The number of rotatable bonds is 4. The Hall–Kier alpha value is -2.77. The molecule has 23 heavy (non-hydrogen) atoms. The third-order valence-electron chi connectivity index (χ3n) is 3.22. The maximum Gasteiger partial charge on any atom is 0.266 e. The van der Waals surface area contributed by atoms with Gasteiger partial charge in [-0.05, 0) is 48.4 Å². The lowest BCUT2D eigenvalue weighted by atomic mass is 10.1. The lowest BCUT2D eigenvalue weighted by Crippen LogP contribution is -2.13. The number of benzene rings is 2. The predicted octanol–water partition coefficient (Wildman–Crippen LogP) is 4.20. The summed E-state index contributed by atoms with van der Waals surface area (Å²) < 4.78 is 5.19. The second kappa shape index (κ2) is 7.48. The van der Waals surface area contributed by atoms with Gasteiger partial charge in [0.1, 0.15) is 17.4 Å². The van der Waals surface area contributed by atoms with Gasteiger partial charge < -0.3 is 10.1 Å². The van der Waals surface area contributed by atoms with Crippen LogP contribution >= 0.6 is 11.6 Å². The van der Waals surface area contributed by atoms with Crippen LogP contribution in [0.25, 0.3) is 6.08 Å². The van der Waals surface area contributed by atoms with Crippen LogP contribution in [0.15, 0.2) is 48.0 Å². The smallest absolute Gasteiger partial charge is 0.266 e. The number of nitrogens with one attached hydrogen (secondary N) is 1. The Morgan fingerprint density at radius 2 is 2.04 bits per heavy atom. The van der Waals surface area contributed by atoms with Crippen LogP contribution in [0.5, 0.6) is 5.75 Å². The maximum absolute atomic E-state index is 12.2. The standard InChI is InChI=1S/C18H15ClN2O2/c1-12-9-13(7-8-17(12)23-2)10-14(11-20)18(22)21-16-6-4-3-5-15(16)19/h3-10H,1-2H3,(H,21,22)/b14-10+. The van der Waals surface area contributed by atoms with Crippen molar-refractivity contribution >= 4 is 29.3 Å². The van der Waals surface area contributed by atoms with Gasteiger partial charge in [-0.2, -0.15) is 5.26 Å². The number of methoxy groups -OCH3 is 1. The highest BCUT2D eigenvalue weighted by Gasteiger charge is 2.11. The molecule has 0 aromatic heterocycles. The summed E-state index contributed by atoms with van der Waals surface area (Å²) in [4.78, 5) is 12.2. The molecule has 0 fully saturated rings. The van der Waals surface area contributed by atoms with Gasteiger partial charge in [0, 0.05) is 0 Å². The molecule has 0 saturated heterocycles. The third kappa shape index (κ3) is 4.12. The highest BCUT2D eigenvalue weighted by molar-refractivity contribution is 6.34. The van der Waals surface area contributed by atoms with Crippen LogP contribution in [0.3, 0.4) is 0 Å². The molecule has 2 aromatic carbocycles. The second-order valence-electron chi connectivity index (χ2n) is 4.83. The molecule has 2 aromatic rings. The van der Waals surface area contributed by atoms with Gasteiger partial charge >= 0.3 is 0 Å². The zero-order chi connectivity index (χ0) is 16.8. The SMILES string of the molecule is COc1ccc(/C=C(\C#N)C(=O)Nc2ccccc2Cl)cc1C. The maximum atomic E-state index is 12.2. The number of para-hydroxylation sites is 1. The van der Waals surface area contributed by atoms with E-state index in [-0.39, 0.29) is 5.57 Å². The van der Waals surface area contributed by atoms with E-state index in [0.717, 1.165) is 16.9 Å². The molecule has 116 valence electrons. The minimum absolute atomic E-state index is 0.00511. The van der Waals surface area contributed by atoms with Crippen molar-refractivity contribution in [2.24, 2.45) is 0 Å². The number of ether oxygens (including phenoxy) is 1. The van der Waals surface area contributed by atoms with Crippen molar-refractivity contribution in [3.63, 3.8) is 0 Å². The molecule has 2 rings (SSSR count). The molecule has 4 nitrogen and oxygen atoms in total. The number of hydrogen-bond donors (Lipinski definition) is 1. The summed E-state index contributed by atoms with van der Waals surface area (Å²) in [6, 6.07) is 14.2. The Morgan fingerprint density at radius 3 is 2.65 bits per heavy atom. The number of nitriles is 1. The first kappa shape index (κ1) is 16.6. The monoisotopic (exact) mass is 326 g/mol. The Labute approximate surface area is 140 Å². The molecule has 0 saturated carbocycles. The Bertz CT molecular complexity index is 807. The average molecular weight is 327 g/mol. The number of aryl methyl sites for hydroxylation is 1. The Kier molecular flexibility index (Phi) is 5.40. The van der Waals surface area contributed by atoms with Gasteiger partial charge in [0.15, 0.2) is 0 Å². The van der Waals surface area contributed by atoms with Crippen molar-refractivity contribution < 1.29 is 9.53 Å². The predicted molar refractivity (Wildman–Crippen MR) is 91.4 cm³/mol. The van der Waals surface area contributed by atoms with E-state index in [4.69, 9.17) is 16.3 Å². The summed E-state index contributed by atoms with van der Waals surface area (Å²) in [5.41, 5.74) is 2.12. The van der Waals surface area contributed by atoms with Crippen molar-refractivity contribution in [1.82, 2.24) is 0 Å². The zero-order valence-corrected chi connectivity index (χ0v) is 13.5. The molecule has 0 aliphatic heterocycles. The summed E-state index contributed by atoms with van der Waals surface area (Å²) in [7, 11) is 1.59. The van der Waals surface area contributed by atoms with E-state index in [9.17, 15) is 10.1 Å². The quantitative estimate of drug-likeness (QED) is 0.676. The van der Waals surface area contributed by atoms with Crippen LogP contribution in [0.2, 0.25) is 5.02 Å². The van der Waals surface area contributed by atoms with E-state index in [1.807, 2.05) is 19.1 Å². The zero-order valence-electron chi connectivity index (χ0n) is 12.8. The van der Waals surface area contributed by atoms with Crippen LogP contribution in [0.1, 0.15) is 11.1 Å². The number of amides is 1. The van der Waals surface area contributed by atoms with Crippen molar-refractivity contribution in [3.05, 3.63) is 64.2 Å². The average Bonchev–Trinajstić information content (AvgIpc) is 2.54. The highest BCUT2D eigenvalue weighted by Crippen LogP contribution is 2.22. The molecule has 5 heteroatoms. The van der Waals surface area contributed by atoms with Gasteiger partial charge in [-0.15, -0.1) is 0 Å². The van der Waals surface area contributed by atoms with Gasteiger partial charge in [-0.25, -0.2) is 0 Å². The number of hydrogen-bond acceptors (Lipinski definition) is 3. The second-order valence-corrected chi connectivity index (χ2v) is 5.24. The molecule has 1 N–H and O–H groups in total. The fraction of sp³-hybridized carbons (Fsp3) is 0.111. The van der Waals surface area contributed by atoms with Crippen molar-refractivity contribution in [3.8, 4) is 11.8 Å². The molecular weight excluding hydrogens is 312 g/mol. The van der Waals surface area contributed by atoms with Gasteiger partial charge in [0.2, 0.25) is 0 Å². The summed E-state index contributed by atoms with van der Waals surface area (Å²) in [6.45, 7) is 1.89. The minimum atomic E-state index is -0.505. The molecule has 0 atom stereocenters. The topological polar surface area (TPSA) is 62.1 Å². The molecule has 0 spiro atoms. The van der Waals surface area contributed by atoms with Crippen LogP contribution < -0.4 is 10.1 Å². The van der Waals surface area contributed by atoms with Crippen LogP contribution in [0, 0.1) is 18.3 Å². The first-order chi connectivity index (χ1) is 11.0. The lowest BCUT2D eigenvalue weighted by molar-refractivity contribution is -0.112. The molecule has 0 radical (unpaired) electrons. The molecule has 0 heterocycles. The fourth-order valence-electron chi connectivity index (χ4n) is 2.06. The summed E-state index contributed by atoms with van der Waals surface area (Å²) >= 11 is 6.00. The molecule has 0 bridgehead atoms. The molecule has 0 unspecified atom stereocenters. The molecule has 1 amide bonds. The summed E-state index contributed by atoms with van der Waals surface area (Å²) in [5.74, 6) is 0.246. The largest absolute Gasteiger partial charge is 0.496 e. The normalized spacial score (nSPS) is 10.8. The van der Waals surface area contributed by atoms with E-state index in [2.05, 4.69) is 5.32 Å². The van der Waals surface area contributed by atoms with E-state index in [1.165, 1.54) is 6.08 Å². The minimum Gasteiger partial charge on any atom is -0.496 e. The number of carbonyl (C=O) groups is 1. The molecular formula is C18H15ClN2O2. The Balaban J connectivity index is 2.25. The van der Waals surface area contributed by atoms with Gasteiger partial charge in [0.05, 0.1) is 17.8 Å². The van der Waals surface area contributed by atoms with Crippen LogP contribution in [-0.2, 0) is 4.79 Å². The Morgan fingerprint density at radius 1 is 1.30 bits per heavy atom. The number of halogens is 1. The molecule has 0 aliphatic rings. The number of carbonyl (C=O) groups excluding carboxylic acids is 1. The van der Waals surface area contributed by atoms with Gasteiger partial charge in [-0.3, -0.25) is 4.79 Å². The molecule has 0 aliphatic carbocycles. The van der Waals surface area contributed by atoms with E-state index >= 15 is 0 Å². The van der Waals surface area contributed by atoms with Crippen LogP contribution in [0.4, 0.5) is 5.69 Å². The summed E-state index contributed by atoms with van der Waals surface area (Å²) in [5, 5.41) is 12.3. The fourth-order valence-corrected chi connectivity index (χ4v) is 2.24. The van der Waals surface area contributed by atoms with E-state index < -0.39 is 5.91 Å². The van der Waals surface area contributed by atoms with E-state index in [1.54, 1.807) is 43.5 Å². The lowest BCUT2D eigenvalue weighted by Gasteiger charge is -2.07. The van der Waals surface area contributed by atoms with Crippen molar-refractivity contribution in [2.45, 2.75) is 6.92 Å². The summed E-state index contributed by atoms with van der Waals surface area (Å²) in [6.07, 6.45) is 1.53. The van der Waals surface area contributed by atoms with Gasteiger partial charge in [0.25, 0.3) is 5.91 Å². The van der Waals surface area contributed by atoms with Crippen LogP contribution in [-0.4, -0.2) is 13.0 Å². The highest BCUT2D eigenvalue weighted by atomic mass is 35.5. The first-order valence-electron chi connectivity index (χ1n) is 6.87. The van der Waals surface area contributed by atoms with Gasteiger partial charge in [-0.1, -0.05) is 29.8 Å². The number of nitrogens with zero attached hydrogens (tertiary/aromatic N) is 1. The van der Waals surface area contributed by atoms with Crippen molar-refractivity contribution in [1.29, 1.82) is 5.26 Å². The van der Waals surface area contributed by atoms with Crippen molar-refractivity contribution in [2.75, 3.05) is 12.4 Å². The van der Waals surface area contributed by atoms with E-state index in [0.29, 0.717) is 10.7 Å². The third-order valence-corrected chi connectivity index (χ3v) is 3.55. The number of anilines is 1. The first-order valence-corrected chi connectivity index (χ1v) is 7.25.